The number of carbonyl (C=O) groups excluding carboxylic acids is 1. The van der Waals surface area contributed by atoms with E-state index in [9.17, 15) is 4.79 Å². The van der Waals surface area contributed by atoms with Gasteiger partial charge in [0.05, 0.1) is 0 Å². The minimum atomic E-state index is 0.175. The molecule has 0 fully saturated rings. The molecule has 1 aliphatic heterocycles. The van der Waals surface area contributed by atoms with Crippen molar-refractivity contribution in [2.24, 2.45) is 0 Å². The Morgan fingerprint density at radius 3 is 3.24 bits per heavy atom. The average Bonchev–Trinajstić information content (AvgIpc) is 2.34. The number of rotatable bonds is 3. The maximum Gasteiger partial charge on any atom is 0.186 e. The fourth-order valence-corrected chi connectivity index (χ4v) is 2.49. The molecule has 17 heavy (non-hydrogen) atoms. The summed E-state index contributed by atoms with van der Waals surface area (Å²) < 4.78 is 0. The third kappa shape index (κ3) is 3.45. The highest BCUT2D eigenvalue weighted by atomic mass is 32.2. The summed E-state index contributed by atoms with van der Waals surface area (Å²) in [7, 11) is 0. The van der Waals surface area contributed by atoms with Crippen molar-refractivity contribution in [3.05, 3.63) is 41.0 Å². The largest absolute Gasteiger partial charge is 0.312 e. The van der Waals surface area contributed by atoms with Gasteiger partial charge in [-0.2, -0.15) is 0 Å². The SMILES string of the molecule is CC(=O)SCC=Cc1cccc2c1CCNC2. The molecule has 2 rings (SSSR count). The van der Waals surface area contributed by atoms with Crippen molar-refractivity contribution in [2.45, 2.75) is 19.9 Å². The van der Waals surface area contributed by atoms with Gasteiger partial charge in [-0.05, 0) is 29.7 Å². The van der Waals surface area contributed by atoms with Gasteiger partial charge in [-0.3, -0.25) is 4.79 Å². The Labute approximate surface area is 106 Å². The number of benzene rings is 1. The predicted octanol–water partition coefficient (Wildman–Crippen LogP) is 2.63. The first kappa shape index (κ1) is 12.4. The summed E-state index contributed by atoms with van der Waals surface area (Å²) >= 11 is 1.35. The number of hydrogen-bond acceptors (Lipinski definition) is 3. The summed E-state index contributed by atoms with van der Waals surface area (Å²) in [6, 6.07) is 6.44. The Balaban J connectivity index is 2.08. The molecule has 0 aromatic heterocycles. The standard InChI is InChI=1S/C14H17NOS/c1-11(16)17-9-3-6-12-4-2-5-13-10-15-8-7-14(12)13/h2-6,15H,7-10H2,1H3. The van der Waals surface area contributed by atoms with Crippen molar-refractivity contribution in [3.63, 3.8) is 0 Å². The zero-order valence-corrected chi connectivity index (χ0v) is 10.8. The van der Waals surface area contributed by atoms with Crippen molar-refractivity contribution in [1.29, 1.82) is 0 Å². The molecule has 3 heteroatoms. The van der Waals surface area contributed by atoms with Gasteiger partial charge < -0.3 is 5.32 Å². The first-order valence-electron chi connectivity index (χ1n) is 5.89. The van der Waals surface area contributed by atoms with E-state index in [1.54, 1.807) is 6.92 Å². The molecule has 1 aromatic carbocycles. The first-order valence-corrected chi connectivity index (χ1v) is 6.87. The molecule has 1 aromatic rings. The predicted molar refractivity (Wildman–Crippen MR) is 74.0 cm³/mol. The van der Waals surface area contributed by atoms with Gasteiger partial charge >= 0.3 is 0 Å². The van der Waals surface area contributed by atoms with Gasteiger partial charge in [-0.1, -0.05) is 42.1 Å². The summed E-state index contributed by atoms with van der Waals surface area (Å²) in [5.41, 5.74) is 4.15. The number of carbonyl (C=O) groups is 1. The molecule has 1 heterocycles. The summed E-state index contributed by atoms with van der Waals surface area (Å²) in [6.45, 7) is 3.63. The minimum absolute atomic E-state index is 0.175. The van der Waals surface area contributed by atoms with Gasteiger partial charge in [0.25, 0.3) is 0 Å². The Morgan fingerprint density at radius 1 is 1.53 bits per heavy atom. The molecule has 0 saturated carbocycles. The molecule has 0 amide bonds. The molecule has 2 nitrogen and oxygen atoms in total. The fourth-order valence-electron chi connectivity index (χ4n) is 2.06. The lowest BCUT2D eigenvalue weighted by atomic mass is 9.95. The molecule has 0 spiro atoms. The highest BCUT2D eigenvalue weighted by Gasteiger charge is 2.10. The second-order valence-corrected chi connectivity index (χ2v) is 5.31. The highest BCUT2D eigenvalue weighted by molar-refractivity contribution is 8.13. The Morgan fingerprint density at radius 2 is 2.41 bits per heavy atom. The van der Waals surface area contributed by atoms with Crippen LogP contribution in [0.1, 0.15) is 23.6 Å². The van der Waals surface area contributed by atoms with E-state index in [-0.39, 0.29) is 5.12 Å². The molecule has 0 atom stereocenters. The molecular formula is C14H17NOS. The van der Waals surface area contributed by atoms with Gasteiger partial charge in [0.2, 0.25) is 0 Å². The second-order valence-electron chi connectivity index (χ2n) is 4.12. The van der Waals surface area contributed by atoms with Gasteiger partial charge in [0, 0.05) is 19.2 Å². The third-order valence-corrected chi connectivity index (χ3v) is 3.62. The van der Waals surface area contributed by atoms with Crippen LogP contribution < -0.4 is 5.32 Å². The van der Waals surface area contributed by atoms with E-state index >= 15 is 0 Å². The lowest BCUT2D eigenvalue weighted by Gasteiger charge is -2.18. The van der Waals surface area contributed by atoms with Crippen molar-refractivity contribution < 1.29 is 4.79 Å². The van der Waals surface area contributed by atoms with Crippen LogP contribution in [0, 0.1) is 0 Å². The number of nitrogens with one attached hydrogen (secondary N) is 1. The van der Waals surface area contributed by atoms with E-state index in [1.807, 2.05) is 0 Å². The zero-order valence-electron chi connectivity index (χ0n) is 10.0. The van der Waals surface area contributed by atoms with E-state index in [0.717, 1.165) is 25.3 Å². The van der Waals surface area contributed by atoms with Gasteiger partial charge in [-0.25, -0.2) is 0 Å². The van der Waals surface area contributed by atoms with Crippen molar-refractivity contribution >= 4 is 23.0 Å². The molecule has 0 bridgehead atoms. The minimum Gasteiger partial charge on any atom is -0.312 e. The van der Waals surface area contributed by atoms with Crippen LogP contribution in [0.5, 0.6) is 0 Å². The van der Waals surface area contributed by atoms with E-state index in [0.29, 0.717) is 0 Å². The monoisotopic (exact) mass is 247 g/mol. The topological polar surface area (TPSA) is 29.1 Å². The second kappa shape index (κ2) is 6.03. The Kier molecular flexibility index (Phi) is 4.40. The van der Waals surface area contributed by atoms with Crippen LogP contribution in [0.3, 0.4) is 0 Å². The smallest absolute Gasteiger partial charge is 0.186 e. The van der Waals surface area contributed by atoms with Crippen LogP contribution in [0.4, 0.5) is 0 Å². The van der Waals surface area contributed by atoms with Crippen LogP contribution >= 0.6 is 11.8 Å². The molecule has 0 radical (unpaired) electrons. The molecule has 90 valence electrons. The lowest BCUT2D eigenvalue weighted by Crippen LogP contribution is -2.24. The number of thioether (sulfide) groups is 1. The molecule has 0 aliphatic carbocycles. The molecule has 1 aliphatic rings. The number of fused-ring (bicyclic) bond motifs is 1. The summed E-state index contributed by atoms with van der Waals surface area (Å²) in [5, 5.41) is 3.55. The van der Waals surface area contributed by atoms with Crippen molar-refractivity contribution in [1.82, 2.24) is 5.32 Å². The maximum atomic E-state index is 10.8. The number of hydrogen-bond donors (Lipinski definition) is 1. The van der Waals surface area contributed by atoms with Crippen LogP contribution in [0.15, 0.2) is 24.3 Å². The average molecular weight is 247 g/mol. The molecule has 0 unspecified atom stereocenters. The van der Waals surface area contributed by atoms with Crippen LogP contribution in [0.2, 0.25) is 0 Å². The normalized spacial score (nSPS) is 14.9. The highest BCUT2D eigenvalue weighted by Crippen LogP contribution is 2.20. The van der Waals surface area contributed by atoms with Gasteiger partial charge in [0.1, 0.15) is 0 Å². The molecule has 1 N–H and O–H groups in total. The van der Waals surface area contributed by atoms with Crippen molar-refractivity contribution in [3.8, 4) is 0 Å². The quantitative estimate of drug-likeness (QED) is 0.890. The Bertz CT molecular complexity index is 440. The molecular weight excluding hydrogens is 230 g/mol. The maximum absolute atomic E-state index is 10.8. The molecule has 0 saturated heterocycles. The summed E-state index contributed by atoms with van der Waals surface area (Å²) in [6.07, 6.45) is 5.31. The van der Waals surface area contributed by atoms with Crippen LogP contribution in [0.25, 0.3) is 6.08 Å². The van der Waals surface area contributed by atoms with E-state index in [4.69, 9.17) is 0 Å². The van der Waals surface area contributed by atoms with Gasteiger partial charge in [-0.15, -0.1) is 0 Å². The van der Waals surface area contributed by atoms with Gasteiger partial charge in [0.15, 0.2) is 5.12 Å². The first-order chi connectivity index (χ1) is 8.27. The van der Waals surface area contributed by atoms with Crippen LogP contribution in [-0.2, 0) is 17.8 Å². The van der Waals surface area contributed by atoms with Crippen LogP contribution in [-0.4, -0.2) is 17.4 Å². The Hall–Kier alpha value is -1.06. The summed E-state index contributed by atoms with van der Waals surface area (Å²) in [4.78, 5) is 10.8. The van der Waals surface area contributed by atoms with E-state index in [2.05, 4.69) is 35.7 Å². The third-order valence-electron chi connectivity index (χ3n) is 2.86. The zero-order chi connectivity index (χ0) is 12.1. The van der Waals surface area contributed by atoms with Crippen molar-refractivity contribution in [2.75, 3.05) is 12.3 Å². The van der Waals surface area contributed by atoms with E-state index < -0.39 is 0 Å². The summed E-state index contributed by atoms with van der Waals surface area (Å²) in [5.74, 6) is 0.761. The fraction of sp³-hybridized carbons (Fsp3) is 0.357. The lowest BCUT2D eigenvalue weighted by molar-refractivity contribution is -0.109. The van der Waals surface area contributed by atoms with E-state index in [1.165, 1.54) is 28.5 Å².